The zero-order chi connectivity index (χ0) is 15.1. The lowest BCUT2D eigenvalue weighted by atomic mass is 9.73. The van der Waals surface area contributed by atoms with E-state index in [4.69, 9.17) is 4.74 Å². The van der Waals surface area contributed by atoms with Crippen molar-refractivity contribution in [1.82, 2.24) is 4.90 Å². The first-order valence-electron chi connectivity index (χ1n) is 6.33. The summed E-state index contributed by atoms with van der Waals surface area (Å²) in [5, 5.41) is 19.5. The normalized spacial score (nSPS) is 24.4. The van der Waals surface area contributed by atoms with Crippen molar-refractivity contribution in [2.45, 2.75) is 52.2 Å². The number of hydrogen-bond acceptors (Lipinski definition) is 4. The predicted molar refractivity (Wildman–Crippen MR) is 68.8 cm³/mol. The van der Waals surface area contributed by atoms with Crippen LogP contribution in [0.4, 0.5) is 4.79 Å². The lowest BCUT2D eigenvalue weighted by molar-refractivity contribution is -0.163. The number of nitrogens with zero attached hydrogens (tertiary/aromatic N) is 1. The van der Waals surface area contributed by atoms with E-state index in [1.807, 2.05) is 0 Å². The summed E-state index contributed by atoms with van der Waals surface area (Å²) in [5.41, 5.74) is -3.38. The summed E-state index contributed by atoms with van der Waals surface area (Å²) < 4.78 is 5.22. The number of aliphatic hydroxyl groups is 1. The third-order valence-electron chi connectivity index (χ3n) is 3.50. The fourth-order valence-electron chi connectivity index (χ4n) is 2.23. The van der Waals surface area contributed by atoms with Crippen LogP contribution in [-0.2, 0) is 9.53 Å². The number of hydrogen-bond donors (Lipinski definition) is 2. The smallest absolute Gasteiger partial charge is 0.410 e. The quantitative estimate of drug-likeness (QED) is 0.795. The molecule has 0 radical (unpaired) electrons. The second-order valence-electron chi connectivity index (χ2n) is 6.60. The molecule has 0 saturated carbocycles. The maximum absolute atomic E-state index is 11.9. The number of aliphatic carboxylic acids is 1. The molecule has 1 aliphatic heterocycles. The zero-order valence-electron chi connectivity index (χ0n) is 12.2. The highest BCUT2D eigenvalue weighted by Gasteiger charge is 2.56. The van der Waals surface area contributed by atoms with E-state index in [2.05, 4.69) is 0 Å². The summed E-state index contributed by atoms with van der Waals surface area (Å²) in [6.07, 6.45) is -0.328. The van der Waals surface area contributed by atoms with Crippen LogP contribution in [0.2, 0.25) is 0 Å². The van der Waals surface area contributed by atoms with Gasteiger partial charge in [0.15, 0.2) is 0 Å². The Hall–Kier alpha value is -1.30. The van der Waals surface area contributed by atoms with Gasteiger partial charge in [0.2, 0.25) is 0 Å². The molecule has 6 nitrogen and oxygen atoms in total. The molecule has 19 heavy (non-hydrogen) atoms. The van der Waals surface area contributed by atoms with Gasteiger partial charge in [-0.15, -0.1) is 0 Å². The Morgan fingerprint density at radius 3 is 2.05 bits per heavy atom. The molecule has 1 rings (SSSR count). The number of amides is 1. The number of ether oxygens (including phenoxy) is 1. The molecule has 0 aliphatic carbocycles. The summed E-state index contributed by atoms with van der Waals surface area (Å²) in [6, 6.07) is 0. The minimum Gasteiger partial charge on any atom is -0.481 e. The van der Waals surface area contributed by atoms with E-state index in [9.17, 15) is 19.8 Å². The minimum absolute atomic E-state index is 0.0409. The maximum atomic E-state index is 11.9. The lowest BCUT2D eigenvalue weighted by Crippen LogP contribution is -2.52. The number of carbonyl (C=O) groups is 2. The first-order chi connectivity index (χ1) is 8.39. The van der Waals surface area contributed by atoms with Crippen LogP contribution < -0.4 is 0 Å². The van der Waals surface area contributed by atoms with Crippen LogP contribution >= 0.6 is 0 Å². The Labute approximate surface area is 113 Å². The third-order valence-corrected chi connectivity index (χ3v) is 3.50. The maximum Gasteiger partial charge on any atom is 0.410 e. The predicted octanol–water partition coefficient (Wildman–Crippen LogP) is 1.47. The van der Waals surface area contributed by atoms with Crippen LogP contribution in [0, 0.1) is 5.41 Å². The standard InChI is InChI=1S/C13H23NO5/c1-11(2,3)19-10(17)14-7-6-13(8-14,9(15)16)12(4,5)18/h18H,6-8H2,1-5H3,(H,15,16). The van der Waals surface area contributed by atoms with Gasteiger partial charge in [-0.25, -0.2) is 4.79 Å². The molecular formula is C13H23NO5. The summed E-state index contributed by atoms with van der Waals surface area (Å²) in [4.78, 5) is 24.8. The number of rotatable bonds is 2. The van der Waals surface area contributed by atoms with Crippen molar-refractivity contribution in [1.29, 1.82) is 0 Å². The van der Waals surface area contributed by atoms with Crippen molar-refractivity contribution in [2.24, 2.45) is 5.41 Å². The van der Waals surface area contributed by atoms with Crippen LogP contribution in [0.5, 0.6) is 0 Å². The lowest BCUT2D eigenvalue weighted by Gasteiger charge is -2.36. The van der Waals surface area contributed by atoms with Gasteiger partial charge in [-0.05, 0) is 41.0 Å². The molecule has 6 heteroatoms. The molecule has 2 N–H and O–H groups in total. The average molecular weight is 273 g/mol. The fraction of sp³-hybridized carbons (Fsp3) is 0.846. The largest absolute Gasteiger partial charge is 0.481 e. The molecule has 1 atom stereocenters. The Morgan fingerprint density at radius 1 is 1.21 bits per heavy atom. The molecule has 1 amide bonds. The summed E-state index contributed by atoms with van der Waals surface area (Å²) in [5.74, 6) is -1.09. The molecule has 0 bridgehead atoms. The summed E-state index contributed by atoms with van der Waals surface area (Å²) in [6.45, 7) is 8.40. The van der Waals surface area contributed by atoms with E-state index in [-0.39, 0.29) is 19.5 Å². The van der Waals surface area contributed by atoms with Crippen LogP contribution in [0.1, 0.15) is 41.0 Å². The van der Waals surface area contributed by atoms with Gasteiger partial charge in [0.05, 0.1) is 5.60 Å². The van der Waals surface area contributed by atoms with E-state index in [0.29, 0.717) is 0 Å². The second kappa shape index (κ2) is 4.67. The fourth-order valence-corrected chi connectivity index (χ4v) is 2.23. The average Bonchev–Trinajstić information content (AvgIpc) is 2.58. The van der Waals surface area contributed by atoms with Crippen molar-refractivity contribution >= 4 is 12.1 Å². The highest BCUT2D eigenvalue weighted by Crippen LogP contribution is 2.41. The number of carboxylic acid groups (broad SMARTS) is 1. The Bertz CT molecular complexity index is 379. The molecule has 1 heterocycles. The van der Waals surface area contributed by atoms with Crippen molar-refractivity contribution in [3.8, 4) is 0 Å². The molecular weight excluding hydrogens is 250 g/mol. The van der Waals surface area contributed by atoms with E-state index in [1.54, 1.807) is 20.8 Å². The molecule has 0 aromatic rings. The SMILES string of the molecule is CC(C)(C)OC(=O)N1CCC(C(=O)O)(C(C)(C)O)C1. The molecule has 1 fully saturated rings. The summed E-state index contributed by atoms with van der Waals surface area (Å²) in [7, 11) is 0. The number of likely N-dealkylation sites (tertiary alicyclic amines) is 1. The molecule has 0 aromatic heterocycles. The van der Waals surface area contributed by atoms with Gasteiger partial charge in [-0.1, -0.05) is 0 Å². The topological polar surface area (TPSA) is 87.1 Å². The molecule has 0 aromatic carbocycles. The Balaban J connectivity index is 2.87. The van der Waals surface area contributed by atoms with E-state index in [0.717, 1.165) is 0 Å². The van der Waals surface area contributed by atoms with Gasteiger partial charge in [0.1, 0.15) is 11.0 Å². The highest BCUT2D eigenvalue weighted by molar-refractivity contribution is 5.79. The monoisotopic (exact) mass is 273 g/mol. The van der Waals surface area contributed by atoms with Gasteiger partial charge in [-0.2, -0.15) is 0 Å². The van der Waals surface area contributed by atoms with Gasteiger partial charge in [0, 0.05) is 13.1 Å². The Morgan fingerprint density at radius 2 is 1.74 bits per heavy atom. The second-order valence-corrected chi connectivity index (χ2v) is 6.60. The van der Waals surface area contributed by atoms with Crippen LogP contribution in [0.15, 0.2) is 0 Å². The van der Waals surface area contributed by atoms with Gasteiger partial charge < -0.3 is 19.8 Å². The van der Waals surface area contributed by atoms with Crippen molar-refractivity contribution in [3.05, 3.63) is 0 Å². The molecule has 1 aliphatic rings. The Kier molecular flexibility index (Phi) is 3.87. The van der Waals surface area contributed by atoms with E-state index in [1.165, 1.54) is 18.7 Å². The van der Waals surface area contributed by atoms with Crippen LogP contribution in [0.25, 0.3) is 0 Å². The first-order valence-corrected chi connectivity index (χ1v) is 6.33. The van der Waals surface area contributed by atoms with Crippen LogP contribution in [-0.4, -0.2) is 51.5 Å². The first kappa shape index (κ1) is 15.8. The van der Waals surface area contributed by atoms with Gasteiger partial charge in [-0.3, -0.25) is 4.79 Å². The number of carboxylic acids is 1. The zero-order valence-corrected chi connectivity index (χ0v) is 12.2. The van der Waals surface area contributed by atoms with E-state index < -0.39 is 28.7 Å². The molecule has 0 spiro atoms. The molecule has 1 unspecified atom stereocenters. The van der Waals surface area contributed by atoms with E-state index >= 15 is 0 Å². The molecule has 1 saturated heterocycles. The highest BCUT2D eigenvalue weighted by atomic mass is 16.6. The summed E-state index contributed by atoms with van der Waals surface area (Å²) >= 11 is 0. The van der Waals surface area contributed by atoms with Crippen molar-refractivity contribution in [3.63, 3.8) is 0 Å². The van der Waals surface area contributed by atoms with Gasteiger partial charge >= 0.3 is 12.1 Å². The third kappa shape index (κ3) is 3.18. The van der Waals surface area contributed by atoms with Crippen molar-refractivity contribution in [2.75, 3.05) is 13.1 Å². The van der Waals surface area contributed by atoms with Crippen molar-refractivity contribution < 1.29 is 24.5 Å². The number of carbonyl (C=O) groups excluding carboxylic acids is 1. The molecule has 110 valence electrons. The van der Waals surface area contributed by atoms with Gasteiger partial charge in [0.25, 0.3) is 0 Å². The van der Waals surface area contributed by atoms with Crippen LogP contribution in [0.3, 0.4) is 0 Å². The minimum atomic E-state index is -1.41.